The number of carbonyl (C=O) groups is 2. The molecule has 5 rings (SSSR count). The van der Waals surface area contributed by atoms with E-state index in [1.165, 1.54) is 9.58 Å². The SMILES string of the molecule is CCCc1[nH]n(-c2nc3ccccc3o2)c(=O)c1[C@H]1CC(=O)N(CCc2ccccc2)C1=O. The maximum atomic E-state index is 13.4. The van der Waals surface area contributed by atoms with Crippen molar-refractivity contribution in [3.63, 3.8) is 0 Å². The quantitative estimate of drug-likeness (QED) is 0.441. The molecule has 1 aliphatic rings. The van der Waals surface area contributed by atoms with E-state index in [1.807, 2.05) is 49.4 Å². The van der Waals surface area contributed by atoms with Crippen LogP contribution in [0.25, 0.3) is 17.1 Å². The Labute approximate surface area is 189 Å². The topological polar surface area (TPSA) is 101 Å². The summed E-state index contributed by atoms with van der Waals surface area (Å²) in [6.45, 7) is 2.29. The number of aromatic nitrogens is 3. The van der Waals surface area contributed by atoms with Crippen molar-refractivity contribution in [1.82, 2.24) is 19.7 Å². The standard InChI is InChI=1S/C25H24N4O4/c1-2-8-19-22(24(32)29(27-19)25-26-18-11-6-7-12-20(18)33-25)17-15-21(30)28(23(17)31)14-13-16-9-4-3-5-10-16/h3-7,9-12,17,27H,2,8,13-15H2,1H3/t17-/m1/s1. The minimum Gasteiger partial charge on any atom is -0.422 e. The van der Waals surface area contributed by atoms with Crippen molar-refractivity contribution >= 4 is 22.9 Å². The van der Waals surface area contributed by atoms with E-state index in [2.05, 4.69) is 10.1 Å². The maximum Gasteiger partial charge on any atom is 0.325 e. The van der Waals surface area contributed by atoms with Crippen molar-refractivity contribution in [2.75, 3.05) is 6.54 Å². The lowest BCUT2D eigenvalue weighted by molar-refractivity contribution is -0.138. The number of aryl methyl sites for hydroxylation is 1. The van der Waals surface area contributed by atoms with Crippen molar-refractivity contribution in [2.45, 2.75) is 38.5 Å². The van der Waals surface area contributed by atoms with Gasteiger partial charge in [0.15, 0.2) is 5.58 Å². The third-order valence-corrected chi connectivity index (χ3v) is 6.04. The van der Waals surface area contributed by atoms with Crippen LogP contribution in [-0.4, -0.2) is 38.0 Å². The largest absolute Gasteiger partial charge is 0.422 e. The molecule has 1 saturated heterocycles. The van der Waals surface area contributed by atoms with Gasteiger partial charge in [-0.15, -0.1) is 0 Å². The Hall–Kier alpha value is -3.94. The number of carbonyl (C=O) groups excluding carboxylic acids is 2. The number of aromatic amines is 1. The Kier molecular flexibility index (Phi) is 5.42. The lowest BCUT2D eigenvalue weighted by Gasteiger charge is -2.15. The number of para-hydroxylation sites is 2. The van der Waals surface area contributed by atoms with Gasteiger partial charge in [0.05, 0.1) is 11.5 Å². The highest BCUT2D eigenvalue weighted by atomic mass is 16.4. The molecule has 168 valence electrons. The molecule has 0 saturated carbocycles. The minimum absolute atomic E-state index is 0.00894. The number of hydrogen-bond acceptors (Lipinski definition) is 5. The molecule has 2 aromatic carbocycles. The van der Waals surface area contributed by atoms with Gasteiger partial charge in [-0.1, -0.05) is 55.8 Å². The normalized spacial score (nSPS) is 16.3. The summed E-state index contributed by atoms with van der Waals surface area (Å²) < 4.78 is 7.00. The number of amides is 2. The number of likely N-dealkylation sites (tertiary alicyclic amines) is 1. The van der Waals surface area contributed by atoms with Crippen molar-refractivity contribution in [2.24, 2.45) is 0 Å². The van der Waals surface area contributed by atoms with Crippen LogP contribution in [-0.2, 0) is 22.4 Å². The van der Waals surface area contributed by atoms with E-state index in [4.69, 9.17) is 4.42 Å². The van der Waals surface area contributed by atoms with E-state index >= 15 is 0 Å². The van der Waals surface area contributed by atoms with Crippen LogP contribution >= 0.6 is 0 Å². The molecule has 1 atom stereocenters. The first-order valence-electron chi connectivity index (χ1n) is 11.1. The van der Waals surface area contributed by atoms with Crippen molar-refractivity contribution in [3.8, 4) is 6.01 Å². The van der Waals surface area contributed by atoms with Gasteiger partial charge in [0, 0.05) is 18.7 Å². The number of imide groups is 1. The molecule has 0 aliphatic carbocycles. The van der Waals surface area contributed by atoms with E-state index in [-0.39, 0.29) is 24.2 Å². The molecule has 8 heteroatoms. The molecule has 1 fully saturated rings. The number of H-pyrrole nitrogens is 1. The van der Waals surface area contributed by atoms with Gasteiger partial charge < -0.3 is 4.42 Å². The molecule has 4 aromatic rings. The number of oxazole rings is 1. The monoisotopic (exact) mass is 444 g/mol. The van der Waals surface area contributed by atoms with Gasteiger partial charge in [-0.25, -0.2) is 0 Å². The summed E-state index contributed by atoms with van der Waals surface area (Å²) >= 11 is 0. The zero-order valence-electron chi connectivity index (χ0n) is 18.3. The Morgan fingerprint density at radius 3 is 2.55 bits per heavy atom. The third-order valence-electron chi connectivity index (χ3n) is 6.04. The van der Waals surface area contributed by atoms with E-state index in [9.17, 15) is 14.4 Å². The Morgan fingerprint density at radius 1 is 1.03 bits per heavy atom. The highest BCUT2D eigenvalue weighted by molar-refractivity contribution is 6.06. The number of fused-ring (bicyclic) bond motifs is 1. The van der Waals surface area contributed by atoms with Crippen molar-refractivity contribution in [1.29, 1.82) is 0 Å². The molecule has 0 radical (unpaired) electrons. The number of rotatable bonds is 7. The van der Waals surface area contributed by atoms with E-state index in [0.29, 0.717) is 41.7 Å². The summed E-state index contributed by atoms with van der Waals surface area (Å²) in [7, 11) is 0. The average Bonchev–Trinajstić information content (AvgIpc) is 3.47. The lowest BCUT2D eigenvalue weighted by atomic mass is 9.96. The molecular formula is C25H24N4O4. The van der Waals surface area contributed by atoms with Gasteiger partial charge in [0.25, 0.3) is 5.56 Å². The molecule has 0 spiro atoms. The highest BCUT2D eigenvalue weighted by Crippen LogP contribution is 2.31. The summed E-state index contributed by atoms with van der Waals surface area (Å²) in [6.07, 6.45) is 1.91. The molecule has 1 N–H and O–H groups in total. The van der Waals surface area contributed by atoms with Crippen LogP contribution in [0.2, 0.25) is 0 Å². The fraction of sp³-hybridized carbons (Fsp3) is 0.280. The average molecular weight is 444 g/mol. The predicted molar refractivity (Wildman–Crippen MR) is 122 cm³/mol. The Bertz CT molecular complexity index is 1350. The molecule has 2 amide bonds. The van der Waals surface area contributed by atoms with Crippen LogP contribution in [0.3, 0.4) is 0 Å². The minimum atomic E-state index is -0.802. The number of nitrogens with zero attached hydrogens (tertiary/aromatic N) is 3. The zero-order valence-corrected chi connectivity index (χ0v) is 18.3. The molecule has 1 aliphatic heterocycles. The van der Waals surface area contributed by atoms with Gasteiger partial charge in [-0.2, -0.15) is 9.67 Å². The molecular weight excluding hydrogens is 420 g/mol. The van der Waals surface area contributed by atoms with Gasteiger partial charge in [-0.3, -0.25) is 24.4 Å². The molecule has 0 bridgehead atoms. The summed E-state index contributed by atoms with van der Waals surface area (Å²) in [6, 6.07) is 17.1. The number of nitrogens with one attached hydrogen (secondary N) is 1. The molecule has 0 unspecified atom stereocenters. The Balaban J connectivity index is 1.47. The smallest absolute Gasteiger partial charge is 0.325 e. The first-order chi connectivity index (χ1) is 16.1. The third kappa shape index (κ3) is 3.77. The summed E-state index contributed by atoms with van der Waals surface area (Å²) in [4.78, 5) is 45.1. The van der Waals surface area contributed by atoms with Crippen LogP contribution < -0.4 is 5.56 Å². The van der Waals surface area contributed by atoms with Crippen LogP contribution in [0.4, 0.5) is 0 Å². The van der Waals surface area contributed by atoms with Crippen LogP contribution in [0.15, 0.2) is 63.8 Å². The number of hydrogen-bond donors (Lipinski definition) is 1. The second kappa shape index (κ2) is 8.54. The van der Waals surface area contributed by atoms with Gasteiger partial charge >= 0.3 is 6.01 Å². The predicted octanol–water partition coefficient (Wildman–Crippen LogP) is 3.34. The van der Waals surface area contributed by atoms with E-state index < -0.39 is 11.5 Å². The van der Waals surface area contributed by atoms with Gasteiger partial charge in [0.2, 0.25) is 11.8 Å². The summed E-state index contributed by atoms with van der Waals surface area (Å²) in [5, 5.41) is 3.08. The van der Waals surface area contributed by atoms with Crippen LogP contribution in [0.5, 0.6) is 0 Å². The molecule has 2 aromatic heterocycles. The fourth-order valence-electron chi connectivity index (χ4n) is 4.41. The second-order valence-electron chi connectivity index (χ2n) is 8.23. The Morgan fingerprint density at radius 2 is 1.79 bits per heavy atom. The maximum absolute atomic E-state index is 13.4. The summed E-state index contributed by atoms with van der Waals surface area (Å²) in [5.74, 6) is -1.38. The van der Waals surface area contributed by atoms with Crippen LogP contribution in [0.1, 0.15) is 42.5 Å². The van der Waals surface area contributed by atoms with Crippen molar-refractivity contribution in [3.05, 3.63) is 81.8 Å². The number of benzene rings is 2. The van der Waals surface area contributed by atoms with E-state index in [1.54, 1.807) is 12.1 Å². The molecule has 3 heterocycles. The second-order valence-corrected chi connectivity index (χ2v) is 8.23. The van der Waals surface area contributed by atoms with Crippen LogP contribution in [0, 0.1) is 0 Å². The van der Waals surface area contributed by atoms with Gasteiger partial charge in [-0.05, 0) is 30.5 Å². The summed E-state index contributed by atoms with van der Waals surface area (Å²) in [5.41, 5.74) is 2.81. The molecule has 8 nitrogen and oxygen atoms in total. The van der Waals surface area contributed by atoms with E-state index in [0.717, 1.165) is 12.0 Å². The molecule has 33 heavy (non-hydrogen) atoms. The first-order valence-corrected chi connectivity index (χ1v) is 11.1. The lowest BCUT2D eigenvalue weighted by Crippen LogP contribution is -2.33. The first kappa shape index (κ1) is 20.9. The fourth-order valence-corrected chi connectivity index (χ4v) is 4.41. The van der Waals surface area contributed by atoms with Crippen molar-refractivity contribution < 1.29 is 14.0 Å². The zero-order chi connectivity index (χ0) is 22.9. The highest BCUT2D eigenvalue weighted by Gasteiger charge is 2.42. The van der Waals surface area contributed by atoms with Gasteiger partial charge in [0.1, 0.15) is 5.52 Å².